The van der Waals surface area contributed by atoms with Gasteiger partial charge in [-0.05, 0) is 25.2 Å². The zero-order valence-electron chi connectivity index (χ0n) is 11.0. The Balaban J connectivity index is 1.58. The zero-order valence-corrected chi connectivity index (χ0v) is 11.0. The molecule has 5 nitrogen and oxygen atoms in total. The lowest BCUT2D eigenvalue weighted by Gasteiger charge is -2.35. The standard InChI is InChI=1S/C13H22N4O/c1-2-9-7-17(6-5-11(9)14)8-12-15-13(18-16-12)10-3-4-10/h9-11H,2-8,14H2,1H3. The second-order valence-corrected chi connectivity index (χ2v) is 5.68. The number of likely N-dealkylation sites (tertiary alicyclic amines) is 1. The fourth-order valence-corrected chi connectivity index (χ4v) is 2.73. The normalized spacial score (nSPS) is 29.7. The van der Waals surface area contributed by atoms with Crippen LogP contribution in [0.3, 0.4) is 0 Å². The Labute approximate surface area is 108 Å². The van der Waals surface area contributed by atoms with E-state index in [-0.39, 0.29) is 0 Å². The van der Waals surface area contributed by atoms with Crippen LogP contribution in [0.4, 0.5) is 0 Å². The van der Waals surface area contributed by atoms with E-state index in [9.17, 15) is 0 Å². The third-order valence-electron chi connectivity index (χ3n) is 4.18. The van der Waals surface area contributed by atoms with Crippen molar-refractivity contribution >= 4 is 0 Å². The summed E-state index contributed by atoms with van der Waals surface area (Å²) in [5.74, 6) is 2.82. The van der Waals surface area contributed by atoms with Crippen LogP contribution in [-0.2, 0) is 6.54 Å². The molecule has 1 aliphatic heterocycles. The first-order chi connectivity index (χ1) is 8.76. The maximum Gasteiger partial charge on any atom is 0.229 e. The molecule has 0 radical (unpaired) electrons. The van der Waals surface area contributed by atoms with Crippen molar-refractivity contribution in [3.63, 3.8) is 0 Å². The second kappa shape index (κ2) is 4.97. The van der Waals surface area contributed by atoms with E-state index in [4.69, 9.17) is 10.3 Å². The highest BCUT2D eigenvalue weighted by Crippen LogP contribution is 2.38. The molecule has 3 rings (SSSR count). The molecule has 1 saturated carbocycles. The van der Waals surface area contributed by atoms with Crippen LogP contribution in [-0.4, -0.2) is 34.2 Å². The number of rotatable bonds is 4. The Morgan fingerprint density at radius 3 is 2.94 bits per heavy atom. The molecule has 2 N–H and O–H groups in total. The molecule has 2 aliphatic rings. The SMILES string of the molecule is CCC1CN(Cc2noc(C3CC3)n2)CCC1N. The van der Waals surface area contributed by atoms with E-state index in [1.807, 2.05) is 0 Å². The Morgan fingerprint density at radius 2 is 2.22 bits per heavy atom. The summed E-state index contributed by atoms with van der Waals surface area (Å²) in [5, 5.41) is 4.08. The third-order valence-corrected chi connectivity index (χ3v) is 4.18. The lowest BCUT2D eigenvalue weighted by molar-refractivity contribution is 0.141. The summed E-state index contributed by atoms with van der Waals surface area (Å²) in [6.45, 7) is 5.13. The van der Waals surface area contributed by atoms with Gasteiger partial charge in [-0.3, -0.25) is 4.90 Å². The topological polar surface area (TPSA) is 68.2 Å². The Hall–Kier alpha value is -0.940. The molecule has 2 unspecified atom stereocenters. The van der Waals surface area contributed by atoms with Crippen LogP contribution >= 0.6 is 0 Å². The number of hydrogen-bond donors (Lipinski definition) is 1. The maximum absolute atomic E-state index is 6.12. The molecule has 0 amide bonds. The molecule has 2 atom stereocenters. The zero-order chi connectivity index (χ0) is 12.5. The lowest BCUT2D eigenvalue weighted by Crippen LogP contribution is -2.46. The average molecular weight is 250 g/mol. The van der Waals surface area contributed by atoms with Crippen LogP contribution in [0, 0.1) is 5.92 Å². The van der Waals surface area contributed by atoms with Crippen LogP contribution in [0.2, 0.25) is 0 Å². The summed E-state index contributed by atoms with van der Waals surface area (Å²) in [6, 6.07) is 0.360. The van der Waals surface area contributed by atoms with Gasteiger partial charge in [0.15, 0.2) is 5.82 Å². The Kier molecular flexibility index (Phi) is 3.35. The van der Waals surface area contributed by atoms with Gasteiger partial charge in [0.05, 0.1) is 6.54 Å². The van der Waals surface area contributed by atoms with Crippen LogP contribution < -0.4 is 5.73 Å². The molecule has 0 bridgehead atoms. The van der Waals surface area contributed by atoms with Crippen molar-refractivity contribution in [1.29, 1.82) is 0 Å². The molecule has 1 aromatic rings. The van der Waals surface area contributed by atoms with Crippen LogP contribution in [0.25, 0.3) is 0 Å². The maximum atomic E-state index is 6.12. The van der Waals surface area contributed by atoms with Gasteiger partial charge in [0.25, 0.3) is 0 Å². The summed E-state index contributed by atoms with van der Waals surface area (Å²) in [5.41, 5.74) is 6.12. The molecule has 1 aliphatic carbocycles. The van der Waals surface area contributed by atoms with E-state index in [0.29, 0.717) is 17.9 Å². The molecule has 1 aromatic heterocycles. The van der Waals surface area contributed by atoms with Crippen molar-refractivity contribution in [2.75, 3.05) is 13.1 Å². The highest BCUT2D eigenvalue weighted by Gasteiger charge is 2.30. The summed E-state index contributed by atoms with van der Waals surface area (Å²) in [6.07, 6.45) is 4.64. The largest absolute Gasteiger partial charge is 0.339 e. The predicted molar refractivity (Wildman–Crippen MR) is 67.9 cm³/mol. The van der Waals surface area contributed by atoms with Crippen molar-refractivity contribution in [1.82, 2.24) is 15.0 Å². The van der Waals surface area contributed by atoms with E-state index < -0.39 is 0 Å². The number of piperidine rings is 1. The van der Waals surface area contributed by atoms with Crippen molar-refractivity contribution in [3.8, 4) is 0 Å². The highest BCUT2D eigenvalue weighted by molar-refractivity contribution is 5.01. The fourth-order valence-electron chi connectivity index (χ4n) is 2.73. The van der Waals surface area contributed by atoms with Gasteiger partial charge in [0.1, 0.15) is 0 Å². The number of nitrogens with zero attached hydrogens (tertiary/aromatic N) is 3. The van der Waals surface area contributed by atoms with Crippen molar-refractivity contribution in [2.24, 2.45) is 11.7 Å². The van der Waals surface area contributed by atoms with Crippen LogP contribution in [0.5, 0.6) is 0 Å². The van der Waals surface area contributed by atoms with Gasteiger partial charge in [-0.2, -0.15) is 4.98 Å². The minimum atomic E-state index is 0.360. The summed E-state index contributed by atoms with van der Waals surface area (Å²) < 4.78 is 5.29. The molecule has 5 heteroatoms. The summed E-state index contributed by atoms with van der Waals surface area (Å²) >= 11 is 0. The molecule has 1 saturated heterocycles. The molecule has 0 aromatic carbocycles. The smallest absolute Gasteiger partial charge is 0.229 e. The van der Waals surface area contributed by atoms with Gasteiger partial charge in [-0.25, -0.2) is 0 Å². The Bertz CT molecular complexity index is 401. The van der Waals surface area contributed by atoms with E-state index >= 15 is 0 Å². The molecular weight excluding hydrogens is 228 g/mol. The third kappa shape index (κ3) is 2.57. The van der Waals surface area contributed by atoms with Gasteiger partial charge < -0.3 is 10.3 Å². The van der Waals surface area contributed by atoms with E-state index in [2.05, 4.69) is 22.0 Å². The quantitative estimate of drug-likeness (QED) is 0.877. The van der Waals surface area contributed by atoms with Crippen LogP contribution in [0.1, 0.15) is 50.2 Å². The molecule has 0 spiro atoms. The molecular formula is C13H22N4O. The average Bonchev–Trinajstić information content (AvgIpc) is 3.13. The van der Waals surface area contributed by atoms with Gasteiger partial charge in [-0.1, -0.05) is 18.5 Å². The number of hydrogen-bond acceptors (Lipinski definition) is 5. The highest BCUT2D eigenvalue weighted by atomic mass is 16.5. The minimum absolute atomic E-state index is 0.360. The first-order valence-electron chi connectivity index (χ1n) is 7.06. The van der Waals surface area contributed by atoms with E-state index in [0.717, 1.165) is 44.2 Å². The first-order valence-corrected chi connectivity index (χ1v) is 7.06. The van der Waals surface area contributed by atoms with E-state index in [1.165, 1.54) is 12.8 Å². The second-order valence-electron chi connectivity index (χ2n) is 5.68. The molecule has 18 heavy (non-hydrogen) atoms. The van der Waals surface area contributed by atoms with Crippen molar-refractivity contribution in [3.05, 3.63) is 11.7 Å². The van der Waals surface area contributed by atoms with Gasteiger partial charge in [0.2, 0.25) is 5.89 Å². The number of aromatic nitrogens is 2. The van der Waals surface area contributed by atoms with Gasteiger partial charge in [0, 0.05) is 25.0 Å². The van der Waals surface area contributed by atoms with Gasteiger partial charge in [-0.15, -0.1) is 0 Å². The summed E-state index contributed by atoms with van der Waals surface area (Å²) in [4.78, 5) is 6.89. The van der Waals surface area contributed by atoms with Crippen molar-refractivity contribution in [2.45, 2.75) is 51.1 Å². The lowest BCUT2D eigenvalue weighted by atomic mass is 9.91. The molecule has 2 heterocycles. The molecule has 100 valence electrons. The fraction of sp³-hybridized carbons (Fsp3) is 0.846. The van der Waals surface area contributed by atoms with E-state index in [1.54, 1.807) is 0 Å². The predicted octanol–water partition coefficient (Wildman–Crippen LogP) is 1.51. The molecule has 2 fully saturated rings. The minimum Gasteiger partial charge on any atom is -0.339 e. The van der Waals surface area contributed by atoms with Gasteiger partial charge >= 0.3 is 0 Å². The van der Waals surface area contributed by atoms with Crippen molar-refractivity contribution < 1.29 is 4.52 Å². The first kappa shape index (κ1) is 12.1. The monoisotopic (exact) mass is 250 g/mol. The van der Waals surface area contributed by atoms with Crippen LogP contribution in [0.15, 0.2) is 4.52 Å². The number of nitrogens with two attached hydrogens (primary N) is 1. The summed E-state index contributed by atoms with van der Waals surface area (Å²) in [7, 11) is 0. The Morgan fingerprint density at radius 1 is 1.39 bits per heavy atom.